The average molecular weight is 213 g/mol. The number of nitrogens with zero attached hydrogens (tertiary/aromatic N) is 1. The molecule has 0 aliphatic heterocycles. The van der Waals surface area contributed by atoms with E-state index < -0.39 is 0 Å². The van der Waals surface area contributed by atoms with E-state index in [0.29, 0.717) is 6.42 Å². The molecule has 0 amide bonds. The molecule has 0 aliphatic carbocycles. The highest BCUT2D eigenvalue weighted by atomic mass is 32.2. The van der Waals surface area contributed by atoms with Crippen molar-refractivity contribution in [2.24, 2.45) is 0 Å². The van der Waals surface area contributed by atoms with E-state index in [1.165, 1.54) is 50.7 Å². The van der Waals surface area contributed by atoms with Crippen LogP contribution in [-0.2, 0) is 0 Å². The summed E-state index contributed by atoms with van der Waals surface area (Å²) in [5.41, 5.74) is 0. The second-order valence-corrected chi connectivity index (χ2v) is 4.87. The smallest absolute Gasteiger partial charge is 0.0630 e. The van der Waals surface area contributed by atoms with Gasteiger partial charge in [0.05, 0.1) is 6.07 Å². The van der Waals surface area contributed by atoms with E-state index in [4.69, 9.17) is 5.26 Å². The highest BCUT2D eigenvalue weighted by Gasteiger charge is 1.91. The molecule has 0 unspecified atom stereocenters. The Morgan fingerprint density at radius 2 is 1.57 bits per heavy atom. The molecule has 2 heteroatoms. The normalized spacial score (nSPS) is 10.0. The Morgan fingerprint density at radius 3 is 2.21 bits per heavy atom. The van der Waals surface area contributed by atoms with Crippen molar-refractivity contribution in [3.05, 3.63) is 0 Å². The van der Waals surface area contributed by atoms with Gasteiger partial charge in [0.25, 0.3) is 0 Å². The highest BCUT2D eigenvalue weighted by molar-refractivity contribution is 7.99. The summed E-state index contributed by atoms with van der Waals surface area (Å²) >= 11 is 1.92. The summed E-state index contributed by atoms with van der Waals surface area (Å²) in [5, 5.41) is 8.33. The van der Waals surface area contributed by atoms with Gasteiger partial charge in [-0.05, 0) is 12.2 Å². The summed E-state index contributed by atoms with van der Waals surface area (Å²) in [5.74, 6) is 2.27. The van der Waals surface area contributed by atoms with Gasteiger partial charge in [0.15, 0.2) is 0 Å². The fourth-order valence-electron chi connectivity index (χ4n) is 1.38. The first-order chi connectivity index (χ1) is 6.91. The second kappa shape index (κ2) is 12.8. The molecule has 0 bridgehead atoms. The van der Waals surface area contributed by atoms with Crippen molar-refractivity contribution in [2.45, 2.75) is 58.3 Å². The van der Waals surface area contributed by atoms with Crippen molar-refractivity contribution >= 4 is 11.8 Å². The lowest BCUT2D eigenvalue weighted by Crippen LogP contribution is -1.84. The van der Waals surface area contributed by atoms with E-state index in [1.807, 2.05) is 11.8 Å². The fourth-order valence-corrected chi connectivity index (χ4v) is 2.23. The maximum Gasteiger partial charge on any atom is 0.0630 e. The number of hydrogen-bond donors (Lipinski definition) is 0. The van der Waals surface area contributed by atoms with Gasteiger partial charge in [0.2, 0.25) is 0 Å². The summed E-state index contributed by atoms with van der Waals surface area (Å²) in [6, 6.07) is 2.17. The van der Waals surface area contributed by atoms with Crippen LogP contribution in [-0.4, -0.2) is 11.5 Å². The zero-order chi connectivity index (χ0) is 10.5. The van der Waals surface area contributed by atoms with Crippen LogP contribution in [0.3, 0.4) is 0 Å². The Hall–Kier alpha value is -0.160. The minimum Gasteiger partial charge on any atom is -0.198 e. The van der Waals surface area contributed by atoms with Crippen molar-refractivity contribution in [3.8, 4) is 6.07 Å². The number of rotatable bonds is 10. The number of hydrogen-bond acceptors (Lipinski definition) is 2. The summed E-state index contributed by atoms with van der Waals surface area (Å²) < 4.78 is 0. The van der Waals surface area contributed by atoms with Crippen molar-refractivity contribution in [2.75, 3.05) is 11.5 Å². The van der Waals surface area contributed by atoms with E-state index in [9.17, 15) is 0 Å². The van der Waals surface area contributed by atoms with Crippen LogP contribution in [0.15, 0.2) is 0 Å². The molecule has 0 aromatic carbocycles. The third-order valence-corrected chi connectivity index (χ3v) is 3.32. The lowest BCUT2D eigenvalue weighted by molar-refractivity contribution is 0.603. The monoisotopic (exact) mass is 213 g/mol. The van der Waals surface area contributed by atoms with E-state index in [-0.39, 0.29) is 0 Å². The molecule has 0 rings (SSSR count). The summed E-state index contributed by atoms with van der Waals surface area (Å²) in [7, 11) is 0. The molecule has 0 atom stereocenters. The molecular formula is C12H23NS. The van der Waals surface area contributed by atoms with Crippen LogP contribution in [0.2, 0.25) is 0 Å². The molecule has 0 aliphatic rings. The van der Waals surface area contributed by atoms with Crippen LogP contribution in [0.25, 0.3) is 0 Å². The topological polar surface area (TPSA) is 23.8 Å². The van der Waals surface area contributed by atoms with Crippen LogP contribution in [0.1, 0.15) is 58.3 Å². The largest absolute Gasteiger partial charge is 0.198 e. The zero-order valence-electron chi connectivity index (χ0n) is 9.43. The van der Waals surface area contributed by atoms with E-state index in [2.05, 4.69) is 13.0 Å². The molecule has 14 heavy (non-hydrogen) atoms. The van der Waals surface area contributed by atoms with Crippen LogP contribution < -0.4 is 0 Å². The molecule has 0 spiro atoms. The van der Waals surface area contributed by atoms with Gasteiger partial charge in [0.1, 0.15) is 0 Å². The average Bonchev–Trinajstić information content (AvgIpc) is 2.21. The van der Waals surface area contributed by atoms with Gasteiger partial charge in [-0.25, -0.2) is 0 Å². The van der Waals surface area contributed by atoms with Gasteiger partial charge < -0.3 is 0 Å². The Labute approximate surface area is 93.3 Å². The molecule has 0 radical (unpaired) electrons. The SMILES string of the molecule is CCCCCCCCCSCCC#N. The van der Waals surface area contributed by atoms with Crippen LogP contribution >= 0.6 is 11.8 Å². The number of unbranched alkanes of at least 4 members (excludes halogenated alkanes) is 6. The van der Waals surface area contributed by atoms with Gasteiger partial charge in [0, 0.05) is 12.2 Å². The molecule has 82 valence electrons. The summed E-state index contributed by atoms with van der Waals surface area (Å²) in [6.07, 6.45) is 10.4. The molecule has 0 N–H and O–H groups in total. The lowest BCUT2D eigenvalue weighted by atomic mass is 10.1. The molecule has 0 fully saturated rings. The Bertz CT molecular complexity index is 140. The minimum absolute atomic E-state index is 0.709. The lowest BCUT2D eigenvalue weighted by Gasteiger charge is -2.00. The Kier molecular flexibility index (Phi) is 12.7. The fraction of sp³-hybridized carbons (Fsp3) is 0.917. The van der Waals surface area contributed by atoms with E-state index >= 15 is 0 Å². The van der Waals surface area contributed by atoms with Gasteiger partial charge >= 0.3 is 0 Å². The molecule has 1 nitrogen and oxygen atoms in total. The number of nitriles is 1. The quantitative estimate of drug-likeness (QED) is 0.503. The first-order valence-corrected chi connectivity index (χ1v) is 7.02. The van der Waals surface area contributed by atoms with Gasteiger partial charge in [-0.3, -0.25) is 0 Å². The minimum atomic E-state index is 0.709. The van der Waals surface area contributed by atoms with Crippen LogP contribution in [0.4, 0.5) is 0 Å². The van der Waals surface area contributed by atoms with E-state index in [1.54, 1.807) is 0 Å². The van der Waals surface area contributed by atoms with E-state index in [0.717, 1.165) is 5.75 Å². The van der Waals surface area contributed by atoms with Crippen molar-refractivity contribution in [1.82, 2.24) is 0 Å². The predicted molar refractivity (Wildman–Crippen MR) is 65.5 cm³/mol. The van der Waals surface area contributed by atoms with Crippen molar-refractivity contribution < 1.29 is 0 Å². The van der Waals surface area contributed by atoms with Gasteiger partial charge in [-0.2, -0.15) is 17.0 Å². The molecule has 0 heterocycles. The van der Waals surface area contributed by atoms with Gasteiger partial charge in [-0.1, -0.05) is 45.4 Å². The third kappa shape index (κ3) is 11.8. The van der Waals surface area contributed by atoms with Crippen LogP contribution in [0.5, 0.6) is 0 Å². The third-order valence-electron chi connectivity index (χ3n) is 2.25. The molecule has 0 aromatic rings. The summed E-state index contributed by atoms with van der Waals surface area (Å²) in [4.78, 5) is 0. The second-order valence-electron chi connectivity index (χ2n) is 3.64. The standard InChI is InChI=1S/C12H23NS/c1-2-3-4-5-6-7-8-11-14-12-9-10-13/h2-9,11-12H2,1H3. The molecule has 0 saturated heterocycles. The highest BCUT2D eigenvalue weighted by Crippen LogP contribution is 2.10. The Balaban J connectivity index is 2.82. The van der Waals surface area contributed by atoms with Crippen LogP contribution in [0, 0.1) is 11.3 Å². The molecule has 0 saturated carbocycles. The summed E-state index contributed by atoms with van der Waals surface area (Å²) in [6.45, 7) is 2.26. The Morgan fingerprint density at radius 1 is 0.929 bits per heavy atom. The first-order valence-electron chi connectivity index (χ1n) is 5.86. The maximum atomic E-state index is 8.33. The van der Waals surface area contributed by atoms with Crippen molar-refractivity contribution in [3.63, 3.8) is 0 Å². The predicted octanol–water partition coefficient (Wildman–Crippen LogP) is 4.38. The zero-order valence-corrected chi connectivity index (χ0v) is 10.2. The molecular weight excluding hydrogens is 190 g/mol. The first kappa shape index (κ1) is 13.8. The van der Waals surface area contributed by atoms with Crippen molar-refractivity contribution in [1.29, 1.82) is 5.26 Å². The maximum absolute atomic E-state index is 8.33. The van der Waals surface area contributed by atoms with Gasteiger partial charge in [-0.15, -0.1) is 0 Å². The number of thioether (sulfide) groups is 1. The molecule has 0 aromatic heterocycles.